The summed E-state index contributed by atoms with van der Waals surface area (Å²) in [6.45, 7) is 1.40. The largest absolute Gasteiger partial charge is 0.504 e. The molecule has 168 valence electrons. The van der Waals surface area contributed by atoms with E-state index in [1.807, 2.05) is 35.2 Å². The lowest BCUT2D eigenvalue weighted by molar-refractivity contribution is -0.133. The molecule has 1 aliphatic heterocycles. The Morgan fingerprint density at radius 3 is 2.67 bits per heavy atom. The minimum Gasteiger partial charge on any atom is -0.504 e. The van der Waals surface area contributed by atoms with Crippen molar-refractivity contribution in [3.8, 4) is 21.9 Å². The second-order valence-electron chi connectivity index (χ2n) is 8.53. The highest BCUT2D eigenvalue weighted by Crippen LogP contribution is 2.41. The Morgan fingerprint density at radius 2 is 1.94 bits per heavy atom. The average molecular weight is 460 g/mol. The van der Waals surface area contributed by atoms with Gasteiger partial charge in [-0.25, -0.2) is 0 Å². The molecule has 1 aromatic heterocycles. The SMILES string of the molecule is COc1cc(-c2cc3c(s2)CCN(C(=O)C2CC2)C3)cc(C(=O)/C=C/c2ccccc2)c1O. The maximum absolute atomic E-state index is 12.9. The molecule has 0 bridgehead atoms. The molecule has 0 radical (unpaired) electrons. The van der Waals surface area contributed by atoms with Gasteiger partial charge in [0, 0.05) is 28.8 Å². The number of hydrogen-bond acceptors (Lipinski definition) is 5. The van der Waals surface area contributed by atoms with Crippen LogP contribution in [0.4, 0.5) is 0 Å². The van der Waals surface area contributed by atoms with E-state index in [1.54, 1.807) is 29.5 Å². The number of ether oxygens (including phenoxy) is 1. The van der Waals surface area contributed by atoms with Crippen LogP contribution in [0.15, 0.2) is 54.6 Å². The molecule has 0 saturated heterocycles. The molecule has 0 spiro atoms. The predicted octanol–water partition coefficient (Wildman–Crippen LogP) is 5.32. The molecule has 1 amide bonds. The van der Waals surface area contributed by atoms with Gasteiger partial charge in [-0.3, -0.25) is 9.59 Å². The van der Waals surface area contributed by atoms with E-state index in [0.717, 1.165) is 41.8 Å². The molecule has 5 rings (SSSR count). The predicted molar refractivity (Wildman–Crippen MR) is 130 cm³/mol. The molecule has 5 nitrogen and oxygen atoms in total. The van der Waals surface area contributed by atoms with Crippen molar-refractivity contribution in [3.05, 3.63) is 76.2 Å². The number of allylic oxidation sites excluding steroid dienone is 1. The van der Waals surface area contributed by atoms with E-state index in [4.69, 9.17) is 4.74 Å². The molecule has 6 heteroatoms. The van der Waals surface area contributed by atoms with Crippen molar-refractivity contribution in [2.75, 3.05) is 13.7 Å². The van der Waals surface area contributed by atoms with Gasteiger partial charge in [0.25, 0.3) is 0 Å². The van der Waals surface area contributed by atoms with Gasteiger partial charge in [-0.15, -0.1) is 11.3 Å². The maximum Gasteiger partial charge on any atom is 0.225 e. The molecule has 1 N–H and O–H groups in total. The van der Waals surface area contributed by atoms with Crippen molar-refractivity contribution in [2.45, 2.75) is 25.8 Å². The summed E-state index contributed by atoms with van der Waals surface area (Å²) in [6, 6.07) is 15.1. The molecule has 1 aliphatic carbocycles. The van der Waals surface area contributed by atoms with Crippen LogP contribution >= 0.6 is 11.3 Å². The van der Waals surface area contributed by atoms with Crippen LogP contribution in [-0.2, 0) is 17.8 Å². The molecule has 1 saturated carbocycles. The highest BCUT2D eigenvalue weighted by molar-refractivity contribution is 7.15. The van der Waals surface area contributed by atoms with Crippen LogP contribution in [0.2, 0.25) is 0 Å². The molecule has 2 aromatic carbocycles. The average Bonchev–Trinajstić information content (AvgIpc) is 3.61. The van der Waals surface area contributed by atoms with Gasteiger partial charge >= 0.3 is 0 Å². The lowest BCUT2D eigenvalue weighted by Crippen LogP contribution is -2.36. The van der Waals surface area contributed by atoms with E-state index < -0.39 is 0 Å². The number of phenols is 1. The van der Waals surface area contributed by atoms with Gasteiger partial charge in [-0.2, -0.15) is 0 Å². The molecule has 2 heterocycles. The molecule has 0 atom stereocenters. The molecule has 2 aliphatic rings. The Morgan fingerprint density at radius 1 is 1.15 bits per heavy atom. The molecule has 0 unspecified atom stereocenters. The molecule has 1 fully saturated rings. The smallest absolute Gasteiger partial charge is 0.225 e. The summed E-state index contributed by atoms with van der Waals surface area (Å²) in [4.78, 5) is 29.7. The molecular weight excluding hydrogens is 434 g/mol. The van der Waals surface area contributed by atoms with Gasteiger partial charge in [0.1, 0.15) is 0 Å². The molecule has 33 heavy (non-hydrogen) atoms. The second kappa shape index (κ2) is 8.87. The number of carbonyl (C=O) groups excluding carboxylic acids is 2. The second-order valence-corrected chi connectivity index (χ2v) is 9.66. The van der Waals surface area contributed by atoms with Crippen LogP contribution in [0, 0.1) is 5.92 Å². The molecule has 3 aromatic rings. The van der Waals surface area contributed by atoms with E-state index in [9.17, 15) is 14.7 Å². The number of ketones is 1. The Labute approximate surface area is 196 Å². The lowest BCUT2D eigenvalue weighted by Gasteiger charge is -2.27. The number of benzene rings is 2. The standard InChI is InChI=1S/C27H25NO4S/c1-32-23-14-19(13-21(26(23)30)22(29)10-7-17-5-3-2-4-6-17)25-15-20-16-28(12-11-24(20)33-25)27(31)18-8-9-18/h2-7,10,13-15,18,30H,8-9,11-12,16H2,1H3/b10-7+. The summed E-state index contributed by atoms with van der Waals surface area (Å²) in [5.41, 5.74) is 3.10. The van der Waals surface area contributed by atoms with E-state index in [2.05, 4.69) is 6.07 Å². The van der Waals surface area contributed by atoms with Crippen LogP contribution in [0.5, 0.6) is 11.5 Å². The van der Waals surface area contributed by atoms with Crippen LogP contribution in [0.1, 0.15) is 39.2 Å². The Balaban J connectivity index is 1.44. The van der Waals surface area contributed by atoms with Gasteiger partial charge in [0.05, 0.1) is 12.7 Å². The summed E-state index contributed by atoms with van der Waals surface area (Å²) in [6.07, 6.45) is 6.07. The van der Waals surface area contributed by atoms with Crippen molar-refractivity contribution in [2.24, 2.45) is 5.92 Å². The number of nitrogens with zero attached hydrogens (tertiary/aromatic N) is 1. The molecular formula is C27H25NO4S. The van der Waals surface area contributed by atoms with Gasteiger partial charge in [-0.05, 0) is 60.2 Å². The zero-order chi connectivity index (χ0) is 22.9. The third-order valence-electron chi connectivity index (χ3n) is 6.18. The Bertz CT molecular complexity index is 1240. The number of fused-ring (bicyclic) bond motifs is 1. The summed E-state index contributed by atoms with van der Waals surface area (Å²) >= 11 is 1.68. The summed E-state index contributed by atoms with van der Waals surface area (Å²) < 4.78 is 5.37. The van der Waals surface area contributed by atoms with Crippen LogP contribution in [0.3, 0.4) is 0 Å². The van der Waals surface area contributed by atoms with Crippen molar-refractivity contribution >= 4 is 29.1 Å². The zero-order valence-corrected chi connectivity index (χ0v) is 19.2. The first-order valence-corrected chi connectivity index (χ1v) is 11.9. The van der Waals surface area contributed by atoms with Crippen LogP contribution in [-0.4, -0.2) is 35.4 Å². The number of amides is 1. The van der Waals surface area contributed by atoms with Crippen LogP contribution < -0.4 is 4.74 Å². The van der Waals surface area contributed by atoms with Crippen molar-refractivity contribution in [1.82, 2.24) is 4.90 Å². The summed E-state index contributed by atoms with van der Waals surface area (Å²) in [7, 11) is 1.48. The first-order chi connectivity index (χ1) is 16.0. The van der Waals surface area contributed by atoms with E-state index in [1.165, 1.54) is 23.6 Å². The first-order valence-electron chi connectivity index (χ1n) is 11.1. The topological polar surface area (TPSA) is 66.8 Å². The van der Waals surface area contributed by atoms with Gasteiger partial charge < -0.3 is 14.7 Å². The minimum atomic E-state index is -0.293. The first kappa shape index (κ1) is 21.5. The minimum absolute atomic E-state index is 0.161. The highest BCUT2D eigenvalue weighted by atomic mass is 32.1. The third kappa shape index (κ3) is 4.44. The summed E-state index contributed by atoms with van der Waals surface area (Å²) in [5.74, 6) is 0.313. The monoisotopic (exact) mass is 459 g/mol. The number of methoxy groups -OCH3 is 1. The van der Waals surface area contributed by atoms with Crippen molar-refractivity contribution in [1.29, 1.82) is 0 Å². The number of hydrogen-bond donors (Lipinski definition) is 1. The third-order valence-corrected chi connectivity index (χ3v) is 7.46. The number of aromatic hydroxyl groups is 1. The lowest BCUT2D eigenvalue weighted by atomic mass is 10.0. The number of carbonyl (C=O) groups is 2. The highest BCUT2D eigenvalue weighted by Gasteiger charge is 2.35. The fourth-order valence-electron chi connectivity index (χ4n) is 4.17. The summed E-state index contributed by atoms with van der Waals surface area (Å²) in [5, 5.41) is 10.6. The fourth-order valence-corrected chi connectivity index (χ4v) is 5.32. The number of thiophene rings is 1. The number of phenolic OH excluding ortho intramolecular Hbond substituents is 1. The van der Waals surface area contributed by atoms with E-state index in [0.29, 0.717) is 6.54 Å². The quantitative estimate of drug-likeness (QED) is 0.400. The van der Waals surface area contributed by atoms with E-state index >= 15 is 0 Å². The van der Waals surface area contributed by atoms with Gasteiger partial charge in [0.2, 0.25) is 5.91 Å². The fraction of sp³-hybridized carbons (Fsp3) is 0.259. The maximum atomic E-state index is 12.9. The Hall–Kier alpha value is -3.38. The Kier molecular flexibility index (Phi) is 5.77. The van der Waals surface area contributed by atoms with Gasteiger partial charge in [-0.1, -0.05) is 36.4 Å². The van der Waals surface area contributed by atoms with Crippen molar-refractivity contribution in [3.63, 3.8) is 0 Å². The number of rotatable bonds is 6. The van der Waals surface area contributed by atoms with Gasteiger partial charge in [0.15, 0.2) is 17.3 Å². The zero-order valence-electron chi connectivity index (χ0n) is 18.4. The normalized spacial score (nSPS) is 15.5. The van der Waals surface area contributed by atoms with Crippen molar-refractivity contribution < 1.29 is 19.4 Å². The van der Waals surface area contributed by atoms with E-state index in [-0.39, 0.29) is 34.7 Å². The van der Waals surface area contributed by atoms with Crippen LogP contribution in [0.25, 0.3) is 16.5 Å².